The van der Waals surface area contributed by atoms with Crippen LogP contribution in [0.2, 0.25) is 0 Å². The van der Waals surface area contributed by atoms with Gasteiger partial charge in [0, 0.05) is 38.0 Å². The second-order valence-corrected chi connectivity index (χ2v) is 9.28. The number of nitrogens with zero attached hydrogens (tertiary/aromatic N) is 3. The summed E-state index contributed by atoms with van der Waals surface area (Å²) in [6, 6.07) is 6.88. The number of aliphatic hydroxyl groups is 1. The molecule has 0 radical (unpaired) electrons. The lowest BCUT2D eigenvalue weighted by Gasteiger charge is -2.26. The Morgan fingerprint density at radius 2 is 1.94 bits per heavy atom. The highest BCUT2D eigenvalue weighted by molar-refractivity contribution is 5.81. The number of nitrogens with one attached hydrogen (secondary N) is 1. The molecule has 32 heavy (non-hydrogen) atoms. The van der Waals surface area contributed by atoms with Crippen molar-refractivity contribution in [3.63, 3.8) is 0 Å². The standard InChI is InChI=1S/C24H32N4O4/c1-14-10-17(13-27(6)22(14)30)21-26-18-9-8-16(11-19(18)28(21)7)12-25-20(15(2)29)23(31)32-24(3,4)5/h8-11,13,15,20,25,29H,12H2,1-7H3/t15-,20+/m1/s1. The van der Waals surface area contributed by atoms with Crippen LogP contribution in [0.1, 0.15) is 38.8 Å². The Bertz CT molecular complexity index is 1170. The largest absolute Gasteiger partial charge is 0.459 e. The number of hydrogen-bond acceptors (Lipinski definition) is 6. The Morgan fingerprint density at radius 3 is 2.53 bits per heavy atom. The van der Waals surface area contributed by atoms with Crippen LogP contribution in [0.15, 0.2) is 35.3 Å². The Kier molecular flexibility index (Phi) is 6.57. The van der Waals surface area contributed by atoms with Crippen molar-refractivity contribution in [2.24, 2.45) is 14.1 Å². The molecule has 0 amide bonds. The third-order valence-corrected chi connectivity index (χ3v) is 5.24. The quantitative estimate of drug-likeness (QED) is 0.572. The van der Waals surface area contributed by atoms with Gasteiger partial charge in [-0.2, -0.15) is 0 Å². The average Bonchev–Trinajstić information content (AvgIpc) is 3.00. The Morgan fingerprint density at radius 1 is 1.25 bits per heavy atom. The van der Waals surface area contributed by atoms with E-state index in [0.29, 0.717) is 12.1 Å². The third kappa shape index (κ3) is 5.08. The lowest BCUT2D eigenvalue weighted by molar-refractivity contribution is -0.160. The highest BCUT2D eigenvalue weighted by atomic mass is 16.6. The molecule has 0 aliphatic carbocycles. The van der Waals surface area contributed by atoms with E-state index in [4.69, 9.17) is 9.72 Å². The number of aliphatic hydroxyl groups excluding tert-OH is 1. The first-order valence-corrected chi connectivity index (χ1v) is 10.6. The molecule has 3 rings (SSSR count). The van der Waals surface area contributed by atoms with E-state index in [1.54, 1.807) is 52.4 Å². The van der Waals surface area contributed by atoms with Gasteiger partial charge < -0.3 is 19.0 Å². The molecule has 0 saturated carbocycles. The number of fused-ring (bicyclic) bond motifs is 1. The number of rotatable bonds is 6. The van der Waals surface area contributed by atoms with Crippen LogP contribution >= 0.6 is 0 Å². The van der Waals surface area contributed by atoms with Crippen LogP contribution in [0.4, 0.5) is 0 Å². The van der Waals surface area contributed by atoms with Crippen molar-refractivity contribution in [1.29, 1.82) is 0 Å². The van der Waals surface area contributed by atoms with Gasteiger partial charge in [-0.1, -0.05) is 6.07 Å². The van der Waals surface area contributed by atoms with Gasteiger partial charge in [-0.05, 0) is 58.4 Å². The predicted molar refractivity (Wildman–Crippen MR) is 124 cm³/mol. The molecule has 2 atom stereocenters. The zero-order valence-corrected chi connectivity index (χ0v) is 19.8. The van der Waals surface area contributed by atoms with Crippen molar-refractivity contribution < 1.29 is 14.6 Å². The van der Waals surface area contributed by atoms with Gasteiger partial charge in [-0.3, -0.25) is 14.9 Å². The number of carbonyl (C=O) groups excluding carboxylic acids is 1. The van der Waals surface area contributed by atoms with E-state index < -0.39 is 23.7 Å². The van der Waals surface area contributed by atoms with Crippen LogP contribution < -0.4 is 10.9 Å². The van der Waals surface area contributed by atoms with E-state index >= 15 is 0 Å². The SMILES string of the molecule is Cc1cc(-c2nc3ccc(CN[C@H](C(=O)OC(C)(C)C)[C@@H](C)O)cc3n2C)cn(C)c1=O. The lowest BCUT2D eigenvalue weighted by atomic mass is 10.1. The first-order valence-electron chi connectivity index (χ1n) is 10.6. The van der Waals surface area contributed by atoms with Crippen LogP contribution in [-0.2, 0) is 30.2 Å². The Hall–Kier alpha value is -2.97. The van der Waals surface area contributed by atoms with Crippen molar-refractivity contribution in [3.05, 3.63) is 51.9 Å². The van der Waals surface area contributed by atoms with Crippen molar-refractivity contribution in [2.75, 3.05) is 0 Å². The molecule has 2 N–H and O–H groups in total. The van der Waals surface area contributed by atoms with Gasteiger partial charge in [0.05, 0.1) is 17.1 Å². The minimum Gasteiger partial charge on any atom is -0.459 e. The first-order chi connectivity index (χ1) is 14.9. The third-order valence-electron chi connectivity index (χ3n) is 5.24. The minimum atomic E-state index is -0.898. The molecule has 1 aromatic carbocycles. The molecule has 0 spiro atoms. The molecule has 0 saturated heterocycles. The number of imidazole rings is 1. The smallest absolute Gasteiger partial charge is 0.326 e. The summed E-state index contributed by atoms with van der Waals surface area (Å²) < 4.78 is 8.97. The summed E-state index contributed by atoms with van der Waals surface area (Å²) in [6.07, 6.45) is 0.887. The van der Waals surface area contributed by atoms with Gasteiger partial charge in [0.25, 0.3) is 5.56 Å². The number of pyridine rings is 1. The molecule has 8 heteroatoms. The second kappa shape index (κ2) is 8.88. The number of esters is 1. The summed E-state index contributed by atoms with van der Waals surface area (Å²) in [6.45, 7) is 9.12. The predicted octanol–water partition coefficient (Wildman–Crippen LogP) is 2.43. The number of hydrogen-bond donors (Lipinski definition) is 2. The van der Waals surface area contributed by atoms with Crippen LogP contribution in [0.25, 0.3) is 22.4 Å². The maximum atomic E-state index is 12.4. The van der Waals surface area contributed by atoms with Crippen molar-refractivity contribution in [3.8, 4) is 11.4 Å². The highest BCUT2D eigenvalue weighted by Gasteiger charge is 2.28. The molecule has 0 unspecified atom stereocenters. The van der Waals surface area contributed by atoms with Gasteiger partial charge in [0.1, 0.15) is 17.5 Å². The fourth-order valence-electron chi connectivity index (χ4n) is 3.65. The number of ether oxygens (including phenoxy) is 1. The van der Waals surface area contributed by atoms with E-state index in [0.717, 1.165) is 28.0 Å². The minimum absolute atomic E-state index is 0.0291. The van der Waals surface area contributed by atoms with Crippen LogP contribution in [-0.4, -0.2) is 42.9 Å². The zero-order valence-electron chi connectivity index (χ0n) is 19.8. The maximum Gasteiger partial charge on any atom is 0.326 e. The summed E-state index contributed by atoms with van der Waals surface area (Å²) in [7, 11) is 3.66. The number of benzene rings is 1. The van der Waals surface area contributed by atoms with E-state index in [1.165, 1.54) is 0 Å². The molecule has 0 fully saturated rings. The first kappa shape index (κ1) is 23.7. The molecule has 0 aliphatic rings. The van der Waals surface area contributed by atoms with Crippen LogP contribution in [0.5, 0.6) is 0 Å². The second-order valence-electron chi connectivity index (χ2n) is 9.28. The van der Waals surface area contributed by atoms with Crippen LogP contribution in [0, 0.1) is 6.92 Å². The van der Waals surface area contributed by atoms with Gasteiger partial charge in [0.15, 0.2) is 0 Å². The topological polar surface area (TPSA) is 98.4 Å². The van der Waals surface area contributed by atoms with E-state index in [2.05, 4.69) is 5.32 Å². The van der Waals surface area contributed by atoms with E-state index in [-0.39, 0.29) is 5.56 Å². The Balaban J connectivity index is 1.86. The molecule has 8 nitrogen and oxygen atoms in total. The highest BCUT2D eigenvalue weighted by Crippen LogP contribution is 2.24. The fourth-order valence-corrected chi connectivity index (χ4v) is 3.65. The number of carbonyl (C=O) groups is 1. The molecular weight excluding hydrogens is 408 g/mol. The summed E-state index contributed by atoms with van der Waals surface area (Å²) in [5, 5.41) is 13.2. The van der Waals surface area contributed by atoms with Gasteiger partial charge >= 0.3 is 5.97 Å². The molecule has 2 heterocycles. The summed E-state index contributed by atoms with van der Waals surface area (Å²) in [5.41, 5.74) is 3.57. The summed E-state index contributed by atoms with van der Waals surface area (Å²) >= 11 is 0. The maximum absolute atomic E-state index is 12.4. The molecule has 0 bridgehead atoms. The molecule has 172 valence electrons. The molecule has 2 aromatic heterocycles. The Labute approximate surface area is 187 Å². The lowest BCUT2D eigenvalue weighted by Crippen LogP contribution is -2.47. The monoisotopic (exact) mass is 440 g/mol. The molecular formula is C24H32N4O4. The summed E-state index contributed by atoms with van der Waals surface area (Å²) in [4.78, 5) is 29.2. The van der Waals surface area contributed by atoms with E-state index in [9.17, 15) is 14.7 Å². The van der Waals surface area contributed by atoms with Crippen molar-refractivity contribution in [2.45, 2.75) is 58.9 Å². The average molecular weight is 441 g/mol. The van der Waals surface area contributed by atoms with Gasteiger partial charge in [-0.15, -0.1) is 0 Å². The number of aromatic nitrogens is 3. The van der Waals surface area contributed by atoms with Gasteiger partial charge in [-0.25, -0.2) is 4.98 Å². The molecule has 3 aromatic rings. The normalized spacial score (nSPS) is 13.9. The fraction of sp³-hybridized carbons (Fsp3) is 0.458. The van der Waals surface area contributed by atoms with E-state index in [1.807, 2.05) is 35.9 Å². The van der Waals surface area contributed by atoms with Crippen molar-refractivity contribution in [1.82, 2.24) is 19.4 Å². The summed E-state index contributed by atoms with van der Waals surface area (Å²) in [5.74, 6) is 0.279. The van der Waals surface area contributed by atoms with Crippen molar-refractivity contribution >= 4 is 17.0 Å². The van der Waals surface area contributed by atoms with Gasteiger partial charge in [0.2, 0.25) is 0 Å². The van der Waals surface area contributed by atoms with Crippen LogP contribution in [0.3, 0.4) is 0 Å². The zero-order chi connectivity index (χ0) is 23.8. The molecule has 0 aliphatic heterocycles. The number of aryl methyl sites for hydroxylation is 3.